The Morgan fingerprint density at radius 2 is 1.89 bits per heavy atom. The Hall–Kier alpha value is -3.51. The van der Waals surface area contributed by atoms with Crippen LogP contribution in [0.2, 0.25) is 0 Å². The lowest BCUT2D eigenvalue weighted by atomic mass is 9.92. The van der Waals surface area contributed by atoms with Gasteiger partial charge in [0.25, 0.3) is 0 Å². The molecule has 6 heteroatoms. The molecular formula is C29H27FN4O. The molecule has 4 aromatic rings. The van der Waals surface area contributed by atoms with Gasteiger partial charge in [-0.1, -0.05) is 18.2 Å². The molecule has 7 rings (SSSR count). The first-order chi connectivity index (χ1) is 17.1. The summed E-state index contributed by atoms with van der Waals surface area (Å²) in [5, 5.41) is 4.48. The van der Waals surface area contributed by atoms with E-state index in [1.165, 1.54) is 17.3 Å². The highest BCUT2D eigenvalue weighted by molar-refractivity contribution is 6.16. The molecule has 4 heterocycles. The van der Waals surface area contributed by atoms with E-state index in [2.05, 4.69) is 34.6 Å². The second-order valence-electron chi connectivity index (χ2n) is 9.98. The third kappa shape index (κ3) is 3.39. The minimum atomic E-state index is -0.313. The van der Waals surface area contributed by atoms with Crippen LogP contribution in [0, 0.1) is 5.82 Å². The average Bonchev–Trinajstić information content (AvgIpc) is 3.42. The highest BCUT2D eigenvalue weighted by atomic mass is 19.1. The van der Waals surface area contributed by atoms with Crippen molar-refractivity contribution in [3.63, 3.8) is 0 Å². The van der Waals surface area contributed by atoms with E-state index >= 15 is 0 Å². The fourth-order valence-corrected chi connectivity index (χ4v) is 5.76. The van der Waals surface area contributed by atoms with Crippen molar-refractivity contribution in [2.24, 2.45) is 4.99 Å². The number of nitrogens with zero attached hydrogens (tertiary/aromatic N) is 2. The number of ether oxygens (including phenoxy) is 1. The summed E-state index contributed by atoms with van der Waals surface area (Å²) in [4.78, 5) is 14.0. The predicted octanol–water partition coefficient (Wildman–Crippen LogP) is 5.68. The smallest absolute Gasteiger partial charge is 0.127 e. The van der Waals surface area contributed by atoms with Crippen LogP contribution in [0.15, 0.2) is 59.6 Å². The molecule has 3 aliphatic rings. The Balaban J connectivity index is 1.34. The minimum Gasteiger partial charge on any atom is -0.497 e. The van der Waals surface area contributed by atoms with Gasteiger partial charge in [-0.05, 0) is 80.2 Å². The van der Waals surface area contributed by atoms with Crippen molar-refractivity contribution in [1.29, 1.82) is 0 Å². The zero-order valence-corrected chi connectivity index (χ0v) is 19.7. The molecule has 0 radical (unpaired) electrons. The Labute approximate surface area is 203 Å². The highest BCUT2D eigenvalue weighted by Crippen LogP contribution is 2.54. The lowest BCUT2D eigenvalue weighted by Gasteiger charge is -2.22. The Morgan fingerprint density at radius 1 is 1.03 bits per heavy atom. The van der Waals surface area contributed by atoms with Crippen molar-refractivity contribution >= 4 is 16.6 Å². The third-order valence-electron chi connectivity index (χ3n) is 7.79. The van der Waals surface area contributed by atoms with E-state index in [4.69, 9.17) is 14.7 Å². The number of halogens is 1. The van der Waals surface area contributed by atoms with Crippen LogP contribution in [0.25, 0.3) is 22.0 Å². The monoisotopic (exact) mass is 466 g/mol. The molecule has 0 unspecified atom stereocenters. The van der Waals surface area contributed by atoms with E-state index in [0.717, 1.165) is 77.9 Å². The van der Waals surface area contributed by atoms with Gasteiger partial charge >= 0.3 is 0 Å². The standard InChI is InChI=1S/C29H27FN4O/c1-35-20-14-18(13-19(30)15-20)21-3-2-4-25-22(21)16-26(32-25)28-27-23(29(34-28)9-10-29)5-6-24(33-27)17-7-11-31-12-8-17/h2-6,13-17,31-32H,7-12H2,1H3. The molecule has 2 aromatic heterocycles. The van der Waals surface area contributed by atoms with E-state index in [1.54, 1.807) is 13.2 Å². The topological polar surface area (TPSA) is 62.3 Å². The maximum absolute atomic E-state index is 14.3. The first kappa shape index (κ1) is 20.8. The summed E-state index contributed by atoms with van der Waals surface area (Å²) in [5.41, 5.74) is 8.04. The zero-order chi connectivity index (χ0) is 23.6. The van der Waals surface area contributed by atoms with Crippen LogP contribution in [0.5, 0.6) is 5.75 Å². The maximum Gasteiger partial charge on any atom is 0.127 e. The fraction of sp³-hybridized carbons (Fsp3) is 0.310. The van der Waals surface area contributed by atoms with Gasteiger partial charge in [-0.2, -0.15) is 0 Å². The number of fused-ring (bicyclic) bond motifs is 3. The van der Waals surface area contributed by atoms with Crippen LogP contribution in [0.1, 0.15) is 54.2 Å². The third-order valence-corrected chi connectivity index (χ3v) is 7.79. The number of rotatable bonds is 4. The number of piperidine rings is 1. The molecule has 1 saturated carbocycles. The number of hydrogen-bond acceptors (Lipinski definition) is 4. The fourth-order valence-electron chi connectivity index (χ4n) is 5.76. The summed E-state index contributed by atoms with van der Waals surface area (Å²) >= 11 is 0. The van der Waals surface area contributed by atoms with E-state index in [1.807, 2.05) is 18.2 Å². The Bertz CT molecular complexity index is 1490. The summed E-state index contributed by atoms with van der Waals surface area (Å²) in [6, 6.07) is 17.6. The van der Waals surface area contributed by atoms with Gasteiger partial charge in [0.15, 0.2) is 0 Å². The van der Waals surface area contributed by atoms with Crippen LogP contribution in [0.4, 0.5) is 4.39 Å². The SMILES string of the molecule is COc1cc(F)cc(-c2cccc3[nH]c(C4=NC5(CC5)c5ccc(C6CCNCC6)nc54)cc23)c1. The number of methoxy groups -OCH3 is 1. The number of pyridine rings is 1. The summed E-state index contributed by atoms with van der Waals surface area (Å²) in [6.45, 7) is 2.09. The first-order valence-electron chi connectivity index (χ1n) is 12.4. The van der Waals surface area contributed by atoms with Crippen molar-refractivity contribution < 1.29 is 9.13 Å². The molecule has 5 nitrogen and oxygen atoms in total. The van der Waals surface area contributed by atoms with E-state index in [9.17, 15) is 4.39 Å². The van der Waals surface area contributed by atoms with Gasteiger partial charge < -0.3 is 15.0 Å². The van der Waals surface area contributed by atoms with Crippen LogP contribution in [0.3, 0.4) is 0 Å². The number of aromatic nitrogens is 2. The van der Waals surface area contributed by atoms with Crippen LogP contribution < -0.4 is 10.1 Å². The molecule has 2 aromatic carbocycles. The molecule has 2 N–H and O–H groups in total. The average molecular weight is 467 g/mol. The Morgan fingerprint density at radius 3 is 2.69 bits per heavy atom. The number of benzene rings is 2. The van der Waals surface area contributed by atoms with Crippen LogP contribution in [-0.2, 0) is 5.54 Å². The lowest BCUT2D eigenvalue weighted by molar-refractivity contribution is 0.411. The normalized spacial score (nSPS) is 18.6. The minimum absolute atomic E-state index is 0.0969. The number of nitrogens with one attached hydrogen (secondary N) is 2. The maximum atomic E-state index is 14.3. The Kier molecular flexibility index (Phi) is 4.61. The van der Waals surface area contributed by atoms with Crippen LogP contribution >= 0.6 is 0 Å². The molecule has 0 atom stereocenters. The molecular weight excluding hydrogens is 439 g/mol. The number of aliphatic imine (C=N–C) groups is 1. The van der Waals surface area contributed by atoms with E-state index in [-0.39, 0.29) is 11.4 Å². The van der Waals surface area contributed by atoms with Gasteiger partial charge in [0.05, 0.1) is 24.0 Å². The quantitative estimate of drug-likeness (QED) is 0.407. The van der Waals surface area contributed by atoms with Crippen molar-refractivity contribution in [3.8, 4) is 16.9 Å². The van der Waals surface area contributed by atoms with Gasteiger partial charge in [-0.15, -0.1) is 0 Å². The predicted molar refractivity (Wildman–Crippen MR) is 136 cm³/mol. The van der Waals surface area contributed by atoms with Gasteiger partial charge in [0.1, 0.15) is 17.3 Å². The first-order valence-corrected chi connectivity index (χ1v) is 12.4. The molecule has 0 bridgehead atoms. The van der Waals surface area contributed by atoms with Crippen molar-refractivity contribution in [1.82, 2.24) is 15.3 Å². The summed E-state index contributed by atoms with van der Waals surface area (Å²) < 4.78 is 19.6. The van der Waals surface area contributed by atoms with E-state index in [0.29, 0.717) is 11.7 Å². The zero-order valence-electron chi connectivity index (χ0n) is 19.7. The molecule has 2 fully saturated rings. The molecule has 2 aliphatic heterocycles. The number of aromatic amines is 1. The highest BCUT2D eigenvalue weighted by Gasteiger charge is 2.51. The van der Waals surface area contributed by atoms with Crippen molar-refractivity contribution in [2.75, 3.05) is 20.2 Å². The second kappa shape index (κ2) is 7.75. The summed E-state index contributed by atoms with van der Waals surface area (Å²) in [6.07, 6.45) is 4.39. The molecule has 1 aliphatic carbocycles. The summed E-state index contributed by atoms with van der Waals surface area (Å²) in [7, 11) is 1.56. The number of hydrogen-bond donors (Lipinski definition) is 2. The van der Waals surface area contributed by atoms with Crippen molar-refractivity contribution in [2.45, 2.75) is 37.1 Å². The molecule has 176 valence electrons. The summed E-state index contributed by atoms with van der Waals surface area (Å²) in [5.74, 6) is 0.689. The molecule has 35 heavy (non-hydrogen) atoms. The van der Waals surface area contributed by atoms with Crippen molar-refractivity contribution in [3.05, 3.63) is 83.1 Å². The largest absolute Gasteiger partial charge is 0.497 e. The lowest BCUT2D eigenvalue weighted by Crippen LogP contribution is -2.27. The van der Waals surface area contributed by atoms with Gasteiger partial charge in [-0.25, -0.2) is 4.39 Å². The van der Waals surface area contributed by atoms with Gasteiger partial charge in [-0.3, -0.25) is 9.98 Å². The molecule has 0 amide bonds. The van der Waals surface area contributed by atoms with Crippen LogP contribution in [-0.4, -0.2) is 35.9 Å². The second-order valence-corrected chi connectivity index (χ2v) is 9.98. The number of H-pyrrole nitrogens is 1. The van der Waals surface area contributed by atoms with Gasteiger partial charge in [0, 0.05) is 34.1 Å². The molecule has 1 saturated heterocycles. The molecule has 1 spiro atoms. The van der Waals surface area contributed by atoms with E-state index < -0.39 is 0 Å². The van der Waals surface area contributed by atoms with Gasteiger partial charge in [0.2, 0.25) is 0 Å².